The Balaban J connectivity index is 1.82. The Morgan fingerprint density at radius 3 is 2.37 bits per heavy atom. The van der Waals surface area contributed by atoms with Crippen LogP contribution in [0.1, 0.15) is 45.2 Å². The molecule has 0 saturated heterocycles. The lowest BCUT2D eigenvalue weighted by atomic mass is 10.0. The van der Waals surface area contributed by atoms with E-state index in [4.69, 9.17) is 0 Å². The van der Waals surface area contributed by atoms with Gasteiger partial charge in [0.1, 0.15) is 0 Å². The quantitative estimate of drug-likeness (QED) is 0.826. The lowest BCUT2D eigenvalue weighted by Crippen LogP contribution is -2.05. The average molecular weight is 253 g/mol. The Morgan fingerprint density at radius 1 is 1.11 bits per heavy atom. The normalized spacial score (nSPS) is 21.4. The van der Waals surface area contributed by atoms with Crippen LogP contribution in [-0.2, 0) is 0 Å². The van der Waals surface area contributed by atoms with Gasteiger partial charge in [-0.2, -0.15) is 0 Å². The number of ketones is 1. The molecule has 1 aliphatic rings. The number of hydrogen-bond acceptors (Lipinski definition) is 1. The predicted molar refractivity (Wildman–Crippen MR) is 76.6 cm³/mol. The van der Waals surface area contributed by atoms with Gasteiger partial charge < -0.3 is 4.98 Å². The summed E-state index contributed by atoms with van der Waals surface area (Å²) in [5, 5.41) is 0. The van der Waals surface area contributed by atoms with Gasteiger partial charge in [-0.05, 0) is 49.8 Å². The van der Waals surface area contributed by atoms with Crippen molar-refractivity contribution in [2.75, 3.05) is 0 Å². The summed E-state index contributed by atoms with van der Waals surface area (Å²) in [6.07, 6.45) is 0.986. The van der Waals surface area contributed by atoms with E-state index in [0.717, 1.165) is 23.4 Å². The molecule has 3 rings (SSSR count). The van der Waals surface area contributed by atoms with E-state index in [0.29, 0.717) is 5.92 Å². The number of aryl methyl sites for hydroxylation is 1. The molecule has 98 valence electrons. The van der Waals surface area contributed by atoms with E-state index >= 15 is 0 Å². The number of Topliss-reactive ketones (excluding diaryl/α,β-unsaturated/α-hetero) is 1. The van der Waals surface area contributed by atoms with Gasteiger partial charge in [-0.15, -0.1) is 0 Å². The molecule has 1 aromatic carbocycles. The largest absolute Gasteiger partial charge is 0.356 e. The molecule has 0 spiro atoms. The molecule has 2 atom stereocenters. The first-order valence-electron chi connectivity index (χ1n) is 6.84. The number of aromatic nitrogens is 1. The molecule has 19 heavy (non-hydrogen) atoms. The van der Waals surface area contributed by atoms with Crippen LogP contribution in [0.5, 0.6) is 0 Å². The third kappa shape index (κ3) is 2.01. The highest BCUT2D eigenvalue weighted by Crippen LogP contribution is 2.49. The molecule has 1 N–H and O–H groups in total. The number of hydrogen-bond donors (Lipinski definition) is 1. The fourth-order valence-corrected chi connectivity index (χ4v) is 2.83. The highest BCUT2D eigenvalue weighted by molar-refractivity contribution is 6.00. The molecule has 0 radical (unpaired) electrons. The van der Waals surface area contributed by atoms with Crippen molar-refractivity contribution in [3.05, 3.63) is 58.4 Å². The first kappa shape index (κ1) is 12.2. The van der Waals surface area contributed by atoms with Crippen molar-refractivity contribution < 1.29 is 4.79 Å². The van der Waals surface area contributed by atoms with Gasteiger partial charge in [0.05, 0.1) is 5.69 Å². The van der Waals surface area contributed by atoms with Crippen LogP contribution in [0.2, 0.25) is 0 Å². The second-order valence-electron chi connectivity index (χ2n) is 5.60. The number of nitrogens with one attached hydrogen (secondary N) is 1. The molecule has 0 amide bonds. The average Bonchev–Trinajstić information content (AvgIpc) is 3.19. The van der Waals surface area contributed by atoms with Gasteiger partial charge in [0.15, 0.2) is 5.78 Å². The Hall–Kier alpha value is -1.83. The summed E-state index contributed by atoms with van der Waals surface area (Å²) in [6, 6.07) is 10.4. The third-order valence-electron chi connectivity index (χ3n) is 4.41. The maximum absolute atomic E-state index is 12.5. The Kier molecular flexibility index (Phi) is 2.81. The van der Waals surface area contributed by atoms with Crippen LogP contribution in [0, 0.1) is 26.7 Å². The monoisotopic (exact) mass is 253 g/mol. The van der Waals surface area contributed by atoms with Crippen LogP contribution in [-0.4, -0.2) is 10.8 Å². The van der Waals surface area contributed by atoms with Crippen LogP contribution in [0.3, 0.4) is 0 Å². The Labute approximate surface area is 113 Å². The minimum absolute atomic E-state index is 0.165. The number of aromatic amines is 1. The van der Waals surface area contributed by atoms with Crippen LogP contribution < -0.4 is 0 Å². The fraction of sp³-hybridized carbons (Fsp3) is 0.353. The molecule has 1 saturated carbocycles. The highest BCUT2D eigenvalue weighted by Gasteiger charge is 2.44. The van der Waals surface area contributed by atoms with Gasteiger partial charge in [0.25, 0.3) is 0 Å². The van der Waals surface area contributed by atoms with E-state index in [1.807, 2.05) is 32.0 Å². The standard InChI is InChI=1S/C17H19NO/c1-10-11(2)16(18-12(10)3)17(19)15-9-14(15)13-7-5-4-6-8-13/h4-8,14-15,18H,9H2,1-3H3. The van der Waals surface area contributed by atoms with Crippen molar-refractivity contribution in [1.82, 2.24) is 4.98 Å². The van der Waals surface area contributed by atoms with Crippen molar-refractivity contribution in [1.29, 1.82) is 0 Å². The van der Waals surface area contributed by atoms with Gasteiger partial charge in [0, 0.05) is 11.6 Å². The lowest BCUT2D eigenvalue weighted by molar-refractivity contribution is 0.0960. The van der Waals surface area contributed by atoms with Crippen LogP contribution in [0.15, 0.2) is 30.3 Å². The molecule has 1 aromatic heterocycles. The topological polar surface area (TPSA) is 32.9 Å². The number of benzene rings is 1. The molecule has 1 aliphatic carbocycles. The van der Waals surface area contributed by atoms with Crippen LogP contribution in [0.4, 0.5) is 0 Å². The highest BCUT2D eigenvalue weighted by atomic mass is 16.1. The Morgan fingerprint density at radius 2 is 1.79 bits per heavy atom. The summed E-state index contributed by atoms with van der Waals surface area (Å²) in [5.41, 5.74) is 5.54. The van der Waals surface area contributed by atoms with E-state index in [-0.39, 0.29) is 11.7 Å². The lowest BCUT2D eigenvalue weighted by Gasteiger charge is -2.01. The summed E-state index contributed by atoms with van der Waals surface area (Å²) < 4.78 is 0. The third-order valence-corrected chi connectivity index (χ3v) is 4.41. The molecule has 2 aromatic rings. The van der Waals surface area contributed by atoms with Gasteiger partial charge >= 0.3 is 0 Å². The minimum Gasteiger partial charge on any atom is -0.356 e. The number of rotatable bonds is 3. The van der Waals surface area contributed by atoms with Crippen LogP contribution in [0.25, 0.3) is 0 Å². The molecule has 1 heterocycles. The maximum atomic E-state index is 12.5. The van der Waals surface area contributed by atoms with Crippen molar-refractivity contribution in [3.8, 4) is 0 Å². The minimum atomic E-state index is 0.165. The second-order valence-corrected chi connectivity index (χ2v) is 5.60. The Bertz CT molecular complexity index is 624. The second kappa shape index (κ2) is 4.37. The van der Waals surface area contributed by atoms with Crippen molar-refractivity contribution in [3.63, 3.8) is 0 Å². The first-order chi connectivity index (χ1) is 9.09. The SMILES string of the molecule is Cc1[nH]c(C(=O)C2CC2c2ccccc2)c(C)c1C. The van der Waals surface area contributed by atoms with E-state index in [1.54, 1.807) is 0 Å². The van der Waals surface area contributed by atoms with E-state index in [2.05, 4.69) is 24.0 Å². The number of carbonyl (C=O) groups excluding carboxylic acids is 1. The zero-order chi connectivity index (χ0) is 13.6. The maximum Gasteiger partial charge on any atom is 0.182 e. The van der Waals surface area contributed by atoms with E-state index < -0.39 is 0 Å². The zero-order valence-electron chi connectivity index (χ0n) is 11.7. The number of H-pyrrole nitrogens is 1. The fourth-order valence-electron chi connectivity index (χ4n) is 2.83. The smallest absolute Gasteiger partial charge is 0.182 e. The van der Waals surface area contributed by atoms with Gasteiger partial charge in [-0.3, -0.25) is 4.79 Å². The molecule has 1 fully saturated rings. The summed E-state index contributed by atoms with van der Waals surface area (Å²) >= 11 is 0. The molecule has 0 bridgehead atoms. The summed E-state index contributed by atoms with van der Waals surface area (Å²) in [6.45, 7) is 6.13. The number of carbonyl (C=O) groups is 1. The van der Waals surface area contributed by atoms with Gasteiger partial charge in [-0.1, -0.05) is 30.3 Å². The molecular weight excluding hydrogens is 234 g/mol. The van der Waals surface area contributed by atoms with Crippen LogP contribution >= 0.6 is 0 Å². The van der Waals surface area contributed by atoms with Crippen molar-refractivity contribution in [2.24, 2.45) is 5.92 Å². The first-order valence-corrected chi connectivity index (χ1v) is 6.84. The predicted octanol–water partition coefficient (Wildman–Crippen LogP) is 3.93. The van der Waals surface area contributed by atoms with Crippen molar-refractivity contribution in [2.45, 2.75) is 33.1 Å². The summed E-state index contributed by atoms with van der Waals surface area (Å²) in [4.78, 5) is 15.8. The van der Waals surface area contributed by atoms with E-state index in [9.17, 15) is 4.79 Å². The van der Waals surface area contributed by atoms with Gasteiger partial charge in [-0.25, -0.2) is 0 Å². The molecule has 2 nitrogen and oxygen atoms in total. The van der Waals surface area contributed by atoms with E-state index in [1.165, 1.54) is 11.1 Å². The molecular formula is C17H19NO. The van der Waals surface area contributed by atoms with Gasteiger partial charge in [0.2, 0.25) is 0 Å². The zero-order valence-corrected chi connectivity index (χ0v) is 11.7. The summed E-state index contributed by atoms with van der Waals surface area (Å²) in [5.74, 6) is 0.859. The molecule has 0 aliphatic heterocycles. The summed E-state index contributed by atoms with van der Waals surface area (Å²) in [7, 11) is 0. The molecule has 2 heteroatoms. The molecule has 2 unspecified atom stereocenters. The van der Waals surface area contributed by atoms with Crippen molar-refractivity contribution >= 4 is 5.78 Å².